The first kappa shape index (κ1) is 12.8. The number of Topliss-reactive ketones (excluding diaryl/α,β-unsaturated/α-hetero) is 1. The second-order valence-corrected chi connectivity index (χ2v) is 4.77. The molecular weight excluding hydrogens is 228 g/mol. The zero-order valence-electron chi connectivity index (χ0n) is 10.8. The number of anilines is 1. The third kappa shape index (κ3) is 2.43. The van der Waals surface area contributed by atoms with Gasteiger partial charge in [-0.25, -0.2) is 0 Å². The number of rotatable bonds is 5. The maximum Gasteiger partial charge on any atom is 0.299 e. The molecule has 0 aliphatic carbocycles. The van der Waals surface area contributed by atoms with Crippen LogP contribution in [0.5, 0.6) is 0 Å². The van der Waals surface area contributed by atoms with Crippen molar-refractivity contribution in [1.82, 2.24) is 5.32 Å². The van der Waals surface area contributed by atoms with Crippen molar-refractivity contribution in [2.45, 2.75) is 26.3 Å². The van der Waals surface area contributed by atoms with Crippen LogP contribution in [0, 0.1) is 0 Å². The van der Waals surface area contributed by atoms with Gasteiger partial charge >= 0.3 is 0 Å². The molecule has 96 valence electrons. The van der Waals surface area contributed by atoms with E-state index in [4.69, 9.17) is 0 Å². The molecule has 1 aromatic carbocycles. The maximum absolute atomic E-state index is 11.8. The van der Waals surface area contributed by atoms with Crippen molar-refractivity contribution in [1.29, 1.82) is 0 Å². The maximum atomic E-state index is 11.8. The van der Waals surface area contributed by atoms with Gasteiger partial charge in [-0.1, -0.05) is 26.0 Å². The van der Waals surface area contributed by atoms with Gasteiger partial charge in [-0.2, -0.15) is 0 Å². The number of nitrogens with zero attached hydrogens (tertiary/aromatic N) is 1. The highest BCUT2D eigenvalue weighted by molar-refractivity contribution is 6.52. The lowest BCUT2D eigenvalue weighted by Crippen LogP contribution is -2.33. The Morgan fingerprint density at radius 3 is 2.67 bits per heavy atom. The summed E-state index contributed by atoms with van der Waals surface area (Å²) >= 11 is 0. The zero-order valence-corrected chi connectivity index (χ0v) is 10.8. The van der Waals surface area contributed by atoms with Gasteiger partial charge in [0.1, 0.15) is 0 Å². The van der Waals surface area contributed by atoms with E-state index in [0.717, 1.165) is 18.7 Å². The summed E-state index contributed by atoms with van der Waals surface area (Å²) in [7, 11) is 0. The Labute approximate surface area is 107 Å². The van der Waals surface area contributed by atoms with E-state index >= 15 is 0 Å². The highest BCUT2D eigenvalue weighted by Crippen LogP contribution is 2.28. The van der Waals surface area contributed by atoms with Gasteiger partial charge in [0.05, 0.1) is 11.3 Å². The average molecular weight is 246 g/mol. The molecule has 0 unspecified atom stereocenters. The summed E-state index contributed by atoms with van der Waals surface area (Å²) < 4.78 is 0. The highest BCUT2D eigenvalue weighted by Gasteiger charge is 2.34. The van der Waals surface area contributed by atoms with Crippen LogP contribution in [0.15, 0.2) is 24.3 Å². The smallest absolute Gasteiger partial charge is 0.299 e. The van der Waals surface area contributed by atoms with E-state index in [0.29, 0.717) is 18.2 Å². The van der Waals surface area contributed by atoms with Crippen molar-refractivity contribution in [3.05, 3.63) is 29.8 Å². The molecular formula is C14H18N2O2. The fourth-order valence-corrected chi connectivity index (χ4v) is 2.10. The molecule has 0 saturated heterocycles. The molecule has 0 aromatic heterocycles. The zero-order chi connectivity index (χ0) is 13.1. The molecule has 1 amide bonds. The molecule has 0 fully saturated rings. The van der Waals surface area contributed by atoms with E-state index in [-0.39, 0.29) is 5.78 Å². The van der Waals surface area contributed by atoms with Crippen LogP contribution in [0.3, 0.4) is 0 Å². The quantitative estimate of drug-likeness (QED) is 0.634. The number of carbonyl (C=O) groups excluding carboxylic acids is 2. The minimum Gasteiger partial charge on any atom is -0.314 e. The molecule has 1 heterocycles. The third-order valence-corrected chi connectivity index (χ3v) is 2.99. The number of ketones is 1. The van der Waals surface area contributed by atoms with Gasteiger partial charge in [0.15, 0.2) is 0 Å². The number of carbonyl (C=O) groups is 2. The molecule has 0 spiro atoms. The van der Waals surface area contributed by atoms with Crippen molar-refractivity contribution < 1.29 is 9.59 Å². The van der Waals surface area contributed by atoms with Crippen LogP contribution in [-0.4, -0.2) is 30.8 Å². The molecule has 4 nitrogen and oxygen atoms in total. The van der Waals surface area contributed by atoms with Gasteiger partial charge in [0.2, 0.25) is 0 Å². The summed E-state index contributed by atoms with van der Waals surface area (Å²) in [6.07, 6.45) is 0.839. The van der Waals surface area contributed by atoms with Crippen LogP contribution in [-0.2, 0) is 4.79 Å². The Morgan fingerprint density at radius 1 is 1.22 bits per heavy atom. The van der Waals surface area contributed by atoms with E-state index in [9.17, 15) is 9.59 Å². The molecule has 1 aromatic rings. The predicted molar refractivity (Wildman–Crippen MR) is 70.9 cm³/mol. The van der Waals surface area contributed by atoms with Gasteiger partial charge in [-0.05, 0) is 25.1 Å². The lowest BCUT2D eigenvalue weighted by atomic mass is 10.1. The van der Waals surface area contributed by atoms with E-state index in [2.05, 4.69) is 19.2 Å². The van der Waals surface area contributed by atoms with Crippen LogP contribution < -0.4 is 10.2 Å². The fourth-order valence-electron chi connectivity index (χ4n) is 2.10. The van der Waals surface area contributed by atoms with E-state index < -0.39 is 5.91 Å². The van der Waals surface area contributed by atoms with Crippen LogP contribution in [0.25, 0.3) is 0 Å². The Kier molecular flexibility index (Phi) is 3.77. The summed E-state index contributed by atoms with van der Waals surface area (Å²) in [5.74, 6) is -0.789. The van der Waals surface area contributed by atoms with Crippen molar-refractivity contribution >= 4 is 17.4 Å². The van der Waals surface area contributed by atoms with Crippen molar-refractivity contribution in [2.75, 3.05) is 18.0 Å². The van der Waals surface area contributed by atoms with Gasteiger partial charge in [-0.3, -0.25) is 9.59 Å². The molecule has 18 heavy (non-hydrogen) atoms. The Bertz CT molecular complexity index is 469. The molecule has 1 aliphatic rings. The number of para-hydroxylation sites is 1. The van der Waals surface area contributed by atoms with Crippen LogP contribution in [0.2, 0.25) is 0 Å². The van der Waals surface area contributed by atoms with Crippen LogP contribution >= 0.6 is 0 Å². The number of hydrogen-bond acceptors (Lipinski definition) is 3. The Hall–Kier alpha value is -1.68. The predicted octanol–water partition coefficient (Wildman–Crippen LogP) is 1.60. The second-order valence-electron chi connectivity index (χ2n) is 4.77. The molecule has 4 heteroatoms. The average Bonchev–Trinajstić information content (AvgIpc) is 2.59. The van der Waals surface area contributed by atoms with Crippen molar-refractivity contribution in [2.24, 2.45) is 0 Å². The topological polar surface area (TPSA) is 49.4 Å². The molecule has 0 radical (unpaired) electrons. The fraction of sp³-hybridized carbons (Fsp3) is 0.429. The summed E-state index contributed by atoms with van der Waals surface area (Å²) in [4.78, 5) is 25.2. The van der Waals surface area contributed by atoms with Gasteiger partial charge in [0.25, 0.3) is 11.7 Å². The second kappa shape index (κ2) is 5.31. The largest absolute Gasteiger partial charge is 0.314 e. The summed E-state index contributed by atoms with van der Waals surface area (Å²) in [6, 6.07) is 7.61. The molecule has 0 atom stereocenters. The first-order valence-electron chi connectivity index (χ1n) is 6.30. The molecule has 1 N–H and O–H groups in total. The monoisotopic (exact) mass is 246 g/mol. The molecule has 1 aliphatic heterocycles. The number of nitrogens with one attached hydrogen (secondary N) is 1. The Morgan fingerprint density at radius 2 is 1.94 bits per heavy atom. The van der Waals surface area contributed by atoms with Gasteiger partial charge in [-0.15, -0.1) is 0 Å². The lowest BCUT2D eigenvalue weighted by Gasteiger charge is -2.17. The number of hydrogen-bond donors (Lipinski definition) is 1. The van der Waals surface area contributed by atoms with Crippen molar-refractivity contribution in [3.63, 3.8) is 0 Å². The minimum absolute atomic E-state index is 0.387. The number of fused-ring (bicyclic) bond motifs is 1. The normalized spacial score (nSPS) is 14.5. The summed E-state index contributed by atoms with van der Waals surface area (Å²) in [5, 5.41) is 3.30. The summed E-state index contributed by atoms with van der Waals surface area (Å²) in [5.41, 5.74) is 1.27. The Balaban J connectivity index is 2.01. The first-order chi connectivity index (χ1) is 8.61. The van der Waals surface area contributed by atoms with Crippen molar-refractivity contribution in [3.8, 4) is 0 Å². The number of amides is 1. The highest BCUT2D eigenvalue weighted by atomic mass is 16.2. The molecule has 2 rings (SSSR count). The first-order valence-corrected chi connectivity index (χ1v) is 6.30. The molecule has 0 saturated carbocycles. The van der Waals surface area contributed by atoms with Gasteiger partial charge in [0, 0.05) is 12.6 Å². The standard InChI is InChI=1S/C14H18N2O2/c1-10(2)15-8-5-9-16-12-7-4-3-6-11(12)13(17)14(16)18/h3-4,6-7,10,15H,5,8-9H2,1-2H3. The van der Waals surface area contributed by atoms with E-state index in [1.807, 2.05) is 12.1 Å². The van der Waals surface area contributed by atoms with E-state index in [1.54, 1.807) is 17.0 Å². The van der Waals surface area contributed by atoms with E-state index in [1.165, 1.54) is 0 Å². The molecule has 0 bridgehead atoms. The SMILES string of the molecule is CC(C)NCCCN1C(=O)C(=O)c2ccccc21. The third-order valence-electron chi connectivity index (χ3n) is 2.99. The van der Waals surface area contributed by atoms with Crippen LogP contribution in [0.4, 0.5) is 5.69 Å². The lowest BCUT2D eigenvalue weighted by molar-refractivity contribution is -0.114. The van der Waals surface area contributed by atoms with Crippen LogP contribution in [0.1, 0.15) is 30.6 Å². The summed E-state index contributed by atoms with van der Waals surface area (Å²) in [6.45, 7) is 5.60. The van der Waals surface area contributed by atoms with Gasteiger partial charge < -0.3 is 10.2 Å². The minimum atomic E-state index is -0.402. The number of benzene rings is 1.